The monoisotopic (exact) mass is 298 g/mol. The van der Waals surface area contributed by atoms with Crippen molar-refractivity contribution < 1.29 is 14.3 Å². The molecule has 0 saturated heterocycles. The molecule has 1 heterocycles. The molecule has 2 atom stereocenters. The summed E-state index contributed by atoms with van der Waals surface area (Å²) in [6.45, 7) is 6.66. The van der Waals surface area contributed by atoms with E-state index in [9.17, 15) is 5.11 Å². The lowest BCUT2D eigenvalue weighted by molar-refractivity contribution is 0.0209. The highest BCUT2D eigenvalue weighted by Crippen LogP contribution is 2.06. The van der Waals surface area contributed by atoms with Gasteiger partial charge in [0.15, 0.2) is 0 Å². The van der Waals surface area contributed by atoms with E-state index in [-0.39, 0.29) is 0 Å². The van der Waals surface area contributed by atoms with Crippen molar-refractivity contribution in [1.82, 2.24) is 10.2 Å². The predicted molar refractivity (Wildman–Crippen MR) is 84.2 cm³/mol. The van der Waals surface area contributed by atoms with E-state index in [4.69, 9.17) is 9.15 Å². The number of aliphatic hydroxyl groups is 1. The standard InChI is InChI=1S/C16H30N2O3/c1-13(2)8-14(10-18(3)4)17-9-15(19)11-20-12-16-6-5-7-21-16/h5-7,13-15,17,19H,8-12H2,1-4H3. The van der Waals surface area contributed by atoms with Crippen molar-refractivity contribution >= 4 is 0 Å². The van der Waals surface area contributed by atoms with Gasteiger partial charge in [-0.05, 0) is 38.6 Å². The molecule has 0 aliphatic carbocycles. The normalized spacial score (nSPS) is 14.8. The zero-order chi connectivity index (χ0) is 15.7. The number of likely N-dealkylation sites (N-methyl/N-ethyl adjacent to an activating group) is 1. The molecule has 21 heavy (non-hydrogen) atoms. The molecule has 0 radical (unpaired) electrons. The highest BCUT2D eigenvalue weighted by molar-refractivity contribution is 4.96. The van der Waals surface area contributed by atoms with Gasteiger partial charge in [-0.15, -0.1) is 0 Å². The lowest BCUT2D eigenvalue weighted by Crippen LogP contribution is -2.43. The number of rotatable bonds is 11. The summed E-state index contributed by atoms with van der Waals surface area (Å²) in [6.07, 6.45) is 2.21. The van der Waals surface area contributed by atoms with Gasteiger partial charge in [0.1, 0.15) is 12.4 Å². The van der Waals surface area contributed by atoms with Crippen LogP contribution in [0.15, 0.2) is 22.8 Å². The maximum Gasteiger partial charge on any atom is 0.129 e. The summed E-state index contributed by atoms with van der Waals surface area (Å²) >= 11 is 0. The molecule has 0 aromatic carbocycles. The van der Waals surface area contributed by atoms with Crippen molar-refractivity contribution in [3.63, 3.8) is 0 Å². The van der Waals surface area contributed by atoms with Crippen molar-refractivity contribution in [3.8, 4) is 0 Å². The van der Waals surface area contributed by atoms with E-state index >= 15 is 0 Å². The fraction of sp³-hybridized carbons (Fsp3) is 0.750. The number of aliphatic hydroxyl groups excluding tert-OH is 1. The van der Waals surface area contributed by atoms with Gasteiger partial charge in [-0.2, -0.15) is 0 Å². The topological polar surface area (TPSA) is 57.9 Å². The molecule has 0 amide bonds. The second kappa shape index (κ2) is 9.95. The SMILES string of the molecule is CC(C)CC(CN(C)C)NCC(O)COCc1ccco1. The van der Waals surface area contributed by atoms with E-state index in [1.807, 2.05) is 12.1 Å². The molecule has 0 spiro atoms. The van der Waals surface area contributed by atoms with Gasteiger partial charge in [-0.25, -0.2) is 0 Å². The maximum atomic E-state index is 9.96. The molecular weight excluding hydrogens is 268 g/mol. The molecule has 0 bridgehead atoms. The molecule has 0 saturated carbocycles. The first-order valence-corrected chi connectivity index (χ1v) is 7.63. The number of hydrogen-bond acceptors (Lipinski definition) is 5. The summed E-state index contributed by atoms with van der Waals surface area (Å²) < 4.78 is 10.6. The smallest absolute Gasteiger partial charge is 0.129 e. The lowest BCUT2D eigenvalue weighted by Gasteiger charge is -2.25. The van der Waals surface area contributed by atoms with Gasteiger partial charge in [0.25, 0.3) is 0 Å². The van der Waals surface area contributed by atoms with Crippen LogP contribution in [-0.4, -0.2) is 55.9 Å². The van der Waals surface area contributed by atoms with Gasteiger partial charge in [-0.1, -0.05) is 13.8 Å². The summed E-state index contributed by atoms with van der Waals surface area (Å²) in [7, 11) is 4.13. The first-order chi connectivity index (χ1) is 9.97. The van der Waals surface area contributed by atoms with Gasteiger partial charge in [-0.3, -0.25) is 0 Å². The van der Waals surface area contributed by atoms with Crippen LogP contribution in [0.5, 0.6) is 0 Å². The van der Waals surface area contributed by atoms with Crippen LogP contribution in [0.25, 0.3) is 0 Å². The summed E-state index contributed by atoms with van der Waals surface area (Å²) in [5.41, 5.74) is 0. The Hall–Kier alpha value is -0.880. The Kier molecular flexibility index (Phi) is 8.61. The van der Waals surface area contributed by atoms with Crippen molar-refractivity contribution in [2.24, 2.45) is 5.92 Å². The Morgan fingerprint density at radius 1 is 1.38 bits per heavy atom. The van der Waals surface area contributed by atoms with Gasteiger partial charge in [0.05, 0.1) is 19.0 Å². The molecule has 1 rings (SSSR count). The quantitative estimate of drug-likeness (QED) is 0.651. The van der Waals surface area contributed by atoms with Crippen LogP contribution in [0.2, 0.25) is 0 Å². The van der Waals surface area contributed by atoms with Gasteiger partial charge in [0, 0.05) is 19.1 Å². The van der Waals surface area contributed by atoms with Crippen LogP contribution in [0.4, 0.5) is 0 Å². The second-order valence-electron chi connectivity index (χ2n) is 6.25. The third-order valence-electron chi connectivity index (χ3n) is 3.12. The molecule has 0 fully saturated rings. The van der Waals surface area contributed by atoms with Gasteiger partial charge < -0.3 is 24.5 Å². The van der Waals surface area contributed by atoms with E-state index in [0.29, 0.717) is 31.7 Å². The van der Waals surface area contributed by atoms with Crippen LogP contribution in [0, 0.1) is 5.92 Å². The average Bonchev–Trinajstić information content (AvgIpc) is 2.88. The third-order valence-corrected chi connectivity index (χ3v) is 3.12. The molecular formula is C16H30N2O3. The van der Waals surface area contributed by atoms with Gasteiger partial charge in [0.2, 0.25) is 0 Å². The molecule has 122 valence electrons. The fourth-order valence-corrected chi connectivity index (χ4v) is 2.28. The van der Waals surface area contributed by atoms with Crippen LogP contribution in [0.3, 0.4) is 0 Å². The molecule has 5 heteroatoms. The van der Waals surface area contributed by atoms with Crippen molar-refractivity contribution in [3.05, 3.63) is 24.2 Å². The maximum absolute atomic E-state index is 9.96. The minimum Gasteiger partial charge on any atom is -0.467 e. The Morgan fingerprint density at radius 2 is 2.14 bits per heavy atom. The van der Waals surface area contributed by atoms with Gasteiger partial charge >= 0.3 is 0 Å². The van der Waals surface area contributed by atoms with E-state index in [1.54, 1.807) is 6.26 Å². The van der Waals surface area contributed by atoms with Crippen LogP contribution < -0.4 is 5.32 Å². The van der Waals surface area contributed by atoms with Crippen LogP contribution >= 0.6 is 0 Å². The minimum absolute atomic E-state index is 0.310. The number of nitrogens with one attached hydrogen (secondary N) is 1. The highest BCUT2D eigenvalue weighted by Gasteiger charge is 2.14. The average molecular weight is 298 g/mol. The first kappa shape index (κ1) is 18.2. The minimum atomic E-state index is -0.503. The third kappa shape index (κ3) is 8.88. The number of furan rings is 1. The lowest BCUT2D eigenvalue weighted by atomic mass is 10.0. The summed E-state index contributed by atoms with van der Waals surface area (Å²) in [5.74, 6) is 1.41. The Labute approximate surface area is 128 Å². The summed E-state index contributed by atoms with van der Waals surface area (Å²) in [5, 5.41) is 13.4. The molecule has 1 aromatic rings. The highest BCUT2D eigenvalue weighted by atomic mass is 16.5. The van der Waals surface area contributed by atoms with Crippen LogP contribution in [-0.2, 0) is 11.3 Å². The molecule has 1 aromatic heterocycles. The predicted octanol–water partition coefficient (Wildman–Crippen LogP) is 1.72. The second-order valence-corrected chi connectivity index (χ2v) is 6.25. The molecule has 0 aliphatic rings. The Bertz CT molecular complexity index is 342. The number of nitrogens with zero attached hydrogens (tertiary/aromatic N) is 1. The number of hydrogen-bond donors (Lipinski definition) is 2. The largest absolute Gasteiger partial charge is 0.467 e. The molecule has 2 unspecified atom stereocenters. The fourth-order valence-electron chi connectivity index (χ4n) is 2.28. The van der Waals surface area contributed by atoms with Crippen molar-refractivity contribution in [2.45, 2.75) is 39.0 Å². The van der Waals surface area contributed by atoms with E-state index in [0.717, 1.165) is 18.7 Å². The molecule has 5 nitrogen and oxygen atoms in total. The zero-order valence-corrected chi connectivity index (χ0v) is 13.7. The van der Waals surface area contributed by atoms with Crippen molar-refractivity contribution in [1.29, 1.82) is 0 Å². The Balaban J connectivity index is 2.20. The molecule has 2 N–H and O–H groups in total. The zero-order valence-electron chi connectivity index (χ0n) is 13.7. The van der Waals surface area contributed by atoms with E-state index in [1.165, 1.54) is 0 Å². The van der Waals surface area contributed by atoms with E-state index in [2.05, 4.69) is 38.2 Å². The van der Waals surface area contributed by atoms with E-state index < -0.39 is 6.10 Å². The summed E-state index contributed by atoms with van der Waals surface area (Å²) in [4.78, 5) is 2.17. The number of ether oxygens (including phenoxy) is 1. The Morgan fingerprint density at radius 3 is 2.71 bits per heavy atom. The van der Waals surface area contributed by atoms with Crippen molar-refractivity contribution in [2.75, 3.05) is 33.8 Å². The van der Waals surface area contributed by atoms with Crippen LogP contribution in [0.1, 0.15) is 26.0 Å². The summed E-state index contributed by atoms with van der Waals surface area (Å²) in [6, 6.07) is 4.08. The first-order valence-electron chi connectivity index (χ1n) is 7.63. The molecule has 0 aliphatic heterocycles.